The van der Waals surface area contributed by atoms with Crippen LogP contribution in [0.5, 0.6) is 0 Å². The van der Waals surface area contributed by atoms with Crippen molar-refractivity contribution in [1.82, 2.24) is 4.98 Å². The van der Waals surface area contributed by atoms with Gasteiger partial charge in [-0.1, -0.05) is 22.0 Å². The summed E-state index contributed by atoms with van der Waals surface area (Å²) in [6.45, 7) is 1.82. The van der Waals surface area contributed by atoms with Gasteiger partial charge >= 0.3 is 0 Å². The molecular weight excluding hydrogens is 285 g/mol. The van der Waals surface area contributed by atoms with Crippen molar-refractivity contribution in [2.24, 2.45) is 0 Å². The van der Waals surface area contributed by atoms with Gasteiger partial charge in [0, 0.05) is 16.2 Å². The predicted molar refractivity (Wildman–Crippen MR) is 66.5 cm³/mol. The summed E-state index contributed by atoms with van der Waals surface area (Å²) in [5.74, 6) is -0.930. The number of carbonyl (C=O) groups is 1. The van der Waals surface area contributed by atoms with Crippen molar-refractivity contribution in [3.8, 4) is 0 Å². The molecule has 0 radical (unpaired) electrons. The Balaban J connectivity index is 2.51. The minimum atomic E-state index is -0.600. The molecule has 1 aromatic heterocycles. The lowest BCUT2D eigenvalue weighted by atomic mass is 10.00. The Labute approximate surface area is 107 Å². The smallest absolute Gasteiger partial charge is 0.196 e. The Bertz CT molecular complexity index is 583. The van der Waals surface area contributed by atoms with Crippen LogP contribution in [0.15, 0.2) is 41.1 Å². The van der Waals surface area contributed by atoms with Gasteiger partial charge in [-0.15, -0.1) is 0 Å². The molecule has 2 aromatic rings. The molecule has 0 bridgehead atoms. The van der Waals surface area contributed by atoms with E-state index in [2.05, 4.69) is 20.9 Å². The van der Waals surface area contributed by atoms with Crippen LogP contribution in [0, 0.1) is 12.7 Å². The number of aromatic nitrogens is 1. The van der Waals surface area contributed by atoms with Crippen molar-refractivity contribution in [3.63, 3.8) is 0 Å². The number of aryl methyl sites for hydroxylation is 1. The summed E-state index contributed by atoms with van der Waals surface area (Å²) in [6.07, 6.45) is 2.45. The minimum Gasteiger partial charge on any atom is -0.288 e. The third kappa shape index (κ3) is 2.42. The normalized spacial score (nSPS) is 10.3. The van der Waals surface area contributed by atoms with Crippen LogP contribution < -0.4 is 0 Å². The number of benzene rings is 1. The number of carbonyl (C=O) groups excluding carboxylic acids is 1. The number of rotatable bonds is 2. The van der Waals surface area contributed by atoms with Crippen LogP contribution in [0.3, 0.4) is 0 Å². The van der Waals surface area contributed by atoms with Gasteiger partial charge in [0.1, 0.15) is 0 Å². The zero-order chi connectivity index (χ0) is 12.4. The lowest BCUT2D eigenvalue weighted by Gasteiger charge is -2.06. The third-order valence-electron chi connectivity index (χ3n) is 2.46. The molecule has 86 valence electrons. The van der Waals surface area contributed by atoms with Gasteiger partial charge in [0.25, 0.3) is 0 Å². The maximum Gasteiger partial charge on any atom is 0.196 e. The molecule has 0 N–H and O–H groups in total. The predicted octanol–water partition coefficient (Wildman–Crippen LogP) is 3.52. The van der Waals surface area contributed by atoms with E-state index in [1.54, 1.807) is 6.07 Å². The lowest BCUT2D eigenvalue weighted by Crippen LogP contribution is -2.06. The molecule has 1 aromatic carbocycles. The fourth-order valence-electron chi connectivity index (χ4n) is 1.54. The van der Waals surface area contributed by atoms with Gasteiger partial charge in [-0.2, -0.15) is 0 Å². The highest BCUT2D eigenvalue weighted by atomic mass is 79.9. The second-order valence-corrected chi connectivity index (χ2v) is 4.56. The average molecular weight is 294 g/mol. The molecular formula is C13H9BrFNO. The molecule has 0 saturated carbocycles. The van der Waals surface area contributed by atoms with Gasteiger partial charge < -0.3 is 0 Å². The molecule has 17 heavy (non-hydrogen) atoms. The van der Waals surface area contributed by atoms with Gasteiger partial charge in [0.15, 0.2) is 11.6 Å². The van der Waals surface area contributed by atoms with Crippen molar-refractivity contribution in [1.29, 1.82) is 0 Å². The van der Waals surface area contributed by atoms with Crippen molar-refractivity contribution < 1.29 is 9.18 Å². The lowest BCUT2D eigenvalue weighted by molar-refractivity contribution is 0.103. The maximum atomic E-state index is 13.5. The first-order valence-corrected chi connectivity index (χ1v) is 5.79. The molecule has 2 rings (SSSR count). The van der Waals surface area contributed by atoms with Crippen LogP contribution in [0.2, 0.25) is 0 Å². The van der Waals surface area contributed by atoms with E-state index in [9.17, 15) is 9.18 Å². The number of hydrogen-bond acceptors (Lipinski definition) is 2. The molecule has 0 aliphatic carbocycles. The molecule has 0 atom stereocenters. The quantitative estimate of drug-likeness (QED) is 0.793. The first-order chi connectivity index (χ1) is 8.09. The number of pyridine rings is 1. The molecule has 4 heteroatoms. The highest BCUT2D eigenvalue weighted by Crippen LogP contribution is 2.20. The van der Waals surface area contributed by atoms with Gasteiger partial charge in [-0.05, 0) is 30.7 Å². The summed E-state index contributed by atoms with van der Waals surface area (Å²) < 4.78 is 14.3. The van der Waals surface area contributed by atoms with Crippen molar-refractivity contribution >= 4 is 21.7 Å². The number of ketones is 1. The second-order valence-electron chi connectivity index (χ2n) is 3.64. The monoisotopic (exact) mass is 293 g/mol. The summed E-state index contributed by atoms with van der Waals surface area (Å²) in [5.41, 5.74) is 1.35. The molecule has 0 fully saturated rings. The summed E-state index contributed by atoms with van der Waals surface area (Å²) >= 11 is 3.30. The number of halogens is 2. The molecule has 0 aliphatic rings. The van der Waals surface area contributed by atoms with E-state index in [-0.39, 0.29) is 11.3 Å². The molecule has 0 spiro atoms. The minimum absolute atomic E-state index is 0.0428. The molecule has 2 nitrogen and oxygen atoms in total. The molecule has 0 amide bonds. The van der Waals surface area contributed by atoms with E-state index in [4.69, 9.17) is 0 Å². The van der Waals surface area contributed by atoms with E-state index < -0.39 is 5.82 Å². The maximum absolute atomic E-state index is 13.5. The van der Waals surface area contributed by atoms with Crippen molar-refractivity contribution in [2.75, 3.05) is 0 Å². The highest BCUT2D eigenvalue weighted by Gasteiger charge is 2.15. The van der Waals surface area contributed by atoms with E-state index >= 15 is 0 Å². The van der Waals surface area contributed by atoms with Crippen LogP contribution in [0.1, 0.15) is 21.5 Å². The van der Waals surface area contributed by atoms with E-state index in [0.717, 1.165) is 16.2 Å². The Morgan fingerprint density at radius 2 is 2.06 bits per heavy atom. The van der Waals surface area contributed by atoms with Crippen LogP contribution >= 0.6 is 15.9 Å². The van der Waals surface area contributed by atoms with E-state index in [1.807, 2.05) is 19.1 Å². The van der Waals surface area contributed by atoms with Crippen LogP contribution in [-0.4, -0.2) is 10.8 Å². The van der Waals surface area contributed by atoms with E-state index in [1.165, 1.54) is 12.3 Å². The van der Waals surface area contributed by atoms with Crippen LogP contribution in [0.4, 0.5) is 4.39 Å². The first kappa shape index (κ1) is 11.9. The summed E-state index contributed by atoms with van der Waals surface area (Å²) in [5, 5.41) is 0. The number of hydrogen-bond donors (Lipinski definition) is 0. The largest absolute Gasteiger partial charge is 0.288 e. The summed E-state index contributed by atoms with van der Waals surface area (Å²) in [6, 6.07) is 6.74. The zero-order valence-electron chi connectivity index (χ0n) is 9.08. The Morgan fingerprint density at radius 1 is 1.29 bits per heavy atom. The third-order valence-corrected chi connectivity index (χ3v) is 2.95. The molecule has 0 unspecified atom stereocenters. The molecule has 1 heterocycles. The van der Waals surface area contributed by atoms with E-state index in [0.29, 0.717) is 5.56 Å². The highest BCUT2D eigenvalue weighted by molar-refractivity contribution is 9.10. The van der Waals surface area contributed by atoms with Gasteiger partial charge in [0.2, 0.25) is 0 Å². The Morgan fingerprint density at radius 3 is 2.76 bits per heavy atom. The fraction of sp³-hybridized carbons (Fsp3) is 0.0769. The molecule has 0 aliphatic heterocycles. The van der Waals surface area contributed by atoms with Crippen molar-refractivity contribution in [2.45, 2.75) is 6.92 Å². The van der Waals surface area contributed by atoms with Crippen LogP contribution in [0.25, 0.3) is 0 Å². The SMILES string of the molecule is Cc1ccc(Br)cc1C(=O)c1ccncc1F. The second kappa shape index (κ2) is 4.75. The zero-order valence-corrected chi connectivity index (χ0v) is 10.7. The first-order valence-electron chi connectivity index (χ1n) is 5.00. The summed E-state index contributed by atoms with van der Waals surface area (Å²) in [7, 11) is 0. The average Bonchev–Trinajstić information content (AvgIpc) is 2.32. The van der Waals surface area contributed by atoms with Crippen LogP contribution in [-0.2, 0) is 0 Å². The molecule has 0 saturated heterocycles. The Hall–Kier alpha value is -1.55. The fourth-order valence-corrected chi connectivity index (χ4v) is 1.90. The standard InChI is InChI=1S/C13H9BrFNO/c1-8-2-3-9(14)6-11(8)13(17)10-4-5-16-7-12(10)15/h2-7H,1H3. The topological polar surface area (TPSA) is 30.0 Å². The van der Waals surface area contributed by atoms with Crippen molar-refractivity contribution in [3.05, 3.63) is 63.6 Å². The van der Waals surface area contributed by atoms with Gasteiger partial charge in [-0.3, -0.25) is 9.78 Å². The summed E-state index contributed by atoms with van der Waals surface area (Å²) in [4.78, 5) is 15.8. The van der Waals surface area contributed by atoms with Gasteiger partial charge in [-0.25, -0.2) is 4.39 Å². The Kier molecular flexibility index (Phi) is 3.33. The van der Waals surface area contributed by atoms with Gasteiger partial charge in [0.05, 0.1) is 11.8 Å². The number of nitrogens with zero attached hydrogens (tertiary/aromatic N) is 1.